The Morgan fingerprint density at radius 2 is 1.17 bits per heavy atom. The Bertz CT molecular complexity index is 937. The summed E-state index contributed by atoms with van der Waals surface area (Å²) in [7, 11) is 0. The van der Waals surface area contributed by atoms with Gasteiger partial charge in [-0.05, 0) is 41.7 Å². The van der Waals surface area contributed by atoms with Gasteiger partial charge in [0.05, 0.1) is 5.71 Å². The highest BCUT2D eigenvalue weighted by molar-refractivity contribution is 6.39. The molecule has 0 spiro atoms. The van der Waals surface area contributed by atoms with Gasteiger partial charge in [-0.1, -0.05) is 92.2 Å². The zero-order valence-corrected chi connectivity index (χ0v) is 17.8. The van der Waals surface area contributed by atoms with Crippen molar-refractivity contribution >= 4 is 11.4 Å². The van der Waals surface area contributed by atoms with E-state index in [1.165, 1.54) is 33.4 Å². The summed E-state index contributed by atoms with van der Waals surface area (Å²) < 4.78 is 0. The van der Waals surface area contributed by atoms with Crippen LogP contribution in [0.2, 0.25) is 0 Å². The van der Waals surface area contributed by atoms with Crippen molar-refractivity contribution in [1.82, 2.24) is 0 Å². The highest BCUT2D eigenvalue weighted by atomic mass is 14.5. The summed E-state index contributed by atoms with van der Waals surface area (Å²) in [6.45, 7) is 8.34. The van der Waals surface area contributed by atoms with E-state index in [0.29, 0.717) is 17.8 Å². The maximum Gasteiger partial charge on any atom is 0.0562 e. The van der Waals surface area contributed by atoms with Gasteiger partial charge >= 0.3 is 0 Å². The molecule has 3 aromatic rings. The second-order valence-electron chi connectivity index (χ2n) is 7.97. The van der Waals surface area contributed by atoms with Crippen molar-refractivity contribution in [1.29, 1.82) is 10.8 Å². The van der Waals surface area contributed by atoms with Gasteiger partial charge in [0.2, 0.25) is 0 Å². The van der Waals surface area contributed by atoms with Crippen molar-refractivity contribution in [3.05, 3.63) is 106 Å². The Kier molecular flexibility index (Phi) is 6.43. The van der Waals surface area contributed by atoms with Crippen LogP contribution in [0.1, 0.15) is 66.0 Å². The molecule has 2 N–H and O–H groups in total. The molecule has 0 aliphatic heterocycles. The summed E-state index contributed by atoms with van der Waals surface area (Å²) in [6.07, 6.45) is 0.495. The molecule has 3 aromatic carbocycles. The van der Waals surface area contributed by atoms with Gasteiger partial charge in [0.15, 0.2) is 0 Å². The zero-order chi connectivity index (χ0) is 21.0. The van der Waals surface area contributed by atoms with Crippen LogP contribution in [0.25, 0.3) is 0 Å². The van der Waals surface area contributed by atoms with Gasteiger partial charge in [-0.3, -0.25) is 0 Å². The standard InChI is InChI=1S/C27H30N2/c1-18-15-24(19(2)22-11-7-5-8-12-22)26(17-27(29)21(4)28)25(16-18)20(3)23-13-9-6-10-14-23/h5-16,19-20,28-29H,17H2,1-4H3/t19-,20-/m1/s1. The van der Waals surface area contributed by atoms with Crippen molar-refractivity contribution in [3.8, 4) is 0 Å². The number of benzene rings is 3. The maximum absolute atomic E-state index is 8.39. The maximum atomic E-state index is 8.39. The van der Waals surface area contributed by atoms with Crippen LogP contribution < -0.4 is 0 Å². The lowest BCUT2D eigenvalue weighted by atomic mass is 9.79. The molecule has 0 aromatic heterocycles. The molecule has 2 nitrogen and oxygen atoms in total. The van der Waals surface area contributed by atoms with Crippen molar-refractivity contribution < 1.29 is 0 Å². The first kappa shape index (κ1) is 20.7. The minimum Gasteiger partial charge on any atom is -0.304 e. The number of rotatable bonds is 7. The Morgan fingerprint density at radius 1 is 0.759 bits per heavy atom. The minimum absolute atomic E-state index is 0.228. The molecule has 0 fully saturated rings. The summed E-state index contributed by atoms with van der Waals surface area (Å²) in [5, 5.41) is 16.3. The molecule has 0 radical (unpaired) electrons. The van der Waals surface area contributed by atoms with Gasteiger partial charge in [0.1, 0.15) is 0 Å². The van der Waals surface area contributed by atoms with Crippen LogP contribution in [0.15, 0.2) is 72.8 Å². The quantitative estimate of drug-likeness (QED) is 0.418. The lowest BCUT2D eigenvalue weighted by molar-refractivity contribution is 0.856. The van der Waals surface area contributed by atoms with E-state index in [1.54, 1.807) is 6.92 Å². The summed E-state index contributed by atoms with van der Waals surface area (Å²) in [5.41, 5.74) is 8.23. The van der Waals surface area contributed by atoms with Gasteiger partial charge in [-0.25, -0.2) is 0 Å². The first-order chi connectivity index (χ1) is 13.9. The topological polar surface area (TPSA) is 47.7 Å². The van der Waals surface area contributed by atoms with E-state index in [1.807, 2.05) is 12.1 Å². The SMILES string of the molecule is CC(=N)C(=N)Cc1c([C@H](C)c2ccccc2)cc(C)cc1[C@H](C)c1ccccc1. The molecule has 3 rings (SSSR count). The summed E-state index contributed by atoms with van der Waals surface area (Å²) in [4.78, 5) is 0. The van der Waals surface area contributed by atoms with Gasteiger partial charge in [-0.15, -0.1) is 0 Å². The van der Waals surface area contributed by atoms with E-state index in [9.17, 15) is 0 Å². The second-order valence-corrected chi connectivity index (χ2v) is 7.97. The predicted octanol–water partition coefficient (Wildman–Crippen LogP) is 6.90. The number of hydrogen-bond donors (Lipinski definition) is 2. The molecule has 0 saturated heterocycles. The van der Waals surface area contributed by atoms with Crippen LogP contribution >= 0.6 is 0 Å². The molecule has 0 amide bonds. The Labute approximate surface area is 174 Å². The molecular formula is C27H30N2. The molecular weight excluding hydrogens is 352 g/mol. The molecule has 2 atom stereocenters. The van der Waals surface area contributed by atoms with Crippen LogP contribution in [0.4, 0.5) is 0 Å². The van der Waals surface area contributed by atoms with E-state index in [-0.39, 0.29) is 11.8 Å². The van der Waals surface area contributed by atoms with Gasteiger partial charge in [-0.2, -0.15) is 0 Å². The third kappa shape index (κ3) is 4.71. The van der Waals surface area contributed by atoms with E-state index < -0.39 is 0 Å². The van der Waals surface area contributed by atoms with Crippen LogP contribution in [-0.4, -0.2) is 11.4 Å². The monoisotopic (exact) mass is 382 g/mol. The molecule has 0 aliphatic carbocycles. The average Bonchev–Trinajstić information content (AvgIpc) is 2.74. The van der Waals surface area contributed by atoms with Crippen LogP contribution in [0, 0.1) is 17.7 Å². The smallest absolute Gasteiger partial charge is 0.0562 e. The van der Waals surface area contributed by atoms with Gasteiger partial charge in [0, 0.05) is 24.0 Å². The second kappa shape index (κ2) is 9.00. The molecule has 0 bridgehead atoms. The number of nitrogens with one attached hydrogen (secondary N) is 2. The predicted molar refractivity (Wildman–Crippen MR) is 124 cm³/mol. The van der Waals surface area contributed by atoms with E-state index >= 15 is 0 Å². The van der Waals surface area contributed by atoms with Crippen molar-refractivity contribution in [2.24, 2.45) is 0 Å². The molecule has 2 heteroatoms. The first-order valence-corrected chi connectivity index (χ1v) is 10.2. The third-order valence-electron chi connectivity index (χ3n) is 5.80. The highest BCUT2D eigenvalue weighted by Gasteiger charge is 2.21. The van der Waals surface area contributed by atoms with Crippen LogP contribution in [-0.2, 0) is 6.42 Å². The summed E-state index contributed by atoms with van der Waals surface area (Å²) in [5.74, 6) is 0.457. The van der Waals surface area contributed by atoms with Crippen molar-refractivity contribution in [3.63, 3.8) is 0 Å². The normalized spacial score (nSPS) is 13.0. The molecule has 0 aliphatic rings. The molecule has 148 valence electrons. The van der Waals surface area contributed by atoms with Gasteiger partial charge < -0.3 is 10.8 Å². The number of aryl methyl sites for hydroxylation is 1. The Hall–Kier alpha value is -3.00. The number of hydrogen-bond acceptors (Lipinski definition) is 2. The largest absolute Gasteiger partial charge is 0.304 e. The van der Waals surface area contributed by atoms with Crippen LogP contribution in [0.5, 0.6) is 0 Å². The Balaban J connectivity index is 2.18. The zero-order valence-electron chi connectivity index (χ0n) is 17.8. The molecule has 0 unspecified atom stereocenters. The lowest BCUT2D eigenvalue weighted by Crippen LogP contribution is -2.16. The van der Waals surface area contributed by atoms with Crippen molar-refractivity contribution in [2.45, 2.75) is 46.0 Å². The summed E-state index contributed by atoms with van der Waals surface area (Å²) >= 11 is 0. The Morgan fingerprint density at radius 3 is 1.55 bits per heavy atom. The lowest BCUT2D eigenvalue weighted by Gasteiger charge is -2.25. The fourth-order valence-corrected chi connectivity index (χ4v) is 4.00. The molecule has 0 saturated carbocycles. The average molecular weight is 383 g/mol. The van der Waals surface area contributed by atoms with E-state index in [0.717, 1.165) is 0 Å². The summed E-state index contributed by atoms with van der Waals surface area (Å²) in [6, 6.07) is 25.6. The van der Waals surface area contributed by atoms with Crippen molar-refractivity contribution in [2.75, 3.05) is 0 Å². The van der Waals surface area contributed by atoms with Crippen LogP contribution in [0.3, 0.4) is 0 Å². The fourth-order valence-electron chi connectivity index (χ4n) is 4.00. The fraction of sp³-hybridized carbons (Fsp3) is 0.259. The highest BCUT2D eigenvalue weighted by Crippen LogP contribution is 2.35. The molecule has 0 heterocycles. The molecule has 29 heavy (non-hydrogen) atoms. The van der Waals surface area contributed by atoms with E-state index in [4.69, 9.17) is 10.8 Å². The van der Waals surface area contributed by atoms with Gasteiger partial charge in [0.25, 0.3) is 0 Å². The minimum atomic E-state index is 0.228. The van der Waals surface area contributed by atoms with E-state index in [2.05, 4.69) is 81.4 Å². The third-order valence-corrected chi connectivity index (χ3v) is 5.80. The first-order valence-electron chi connectivity index (χ1n) is 10.2.